The quantitative estimate of drug-likeness (QED) is 0.313. The number of carbonyl (C=O) groups excluding carboxylic acids is 3. The van der Waals surface area contributed by atoms with Crippen LogP contribution >= 0.6 is 0 Å². The predicted octanol–water partition coefficient (Wildman–Crippen LogP) is 0.905. The van der Waals surface area contributed by atoms with Crippen molar-refractivity contribution in [3.05, 3.63) is 35.9 Å². The molecule has 6 N–H and O–H groups in total. The van der Waals surface area contributed by atoms with E-state index in [2.05, 4.69) is 5.32 Å². The molecule has 0 spiro atoms. The molecule has 12 heteroatoms. The maximum atomic E-state index is 13.6. The molecule has 4 amide bonds. The van der Waals surface area contributed by atoms with Gasteiger partial charge >= 0.3 is 12.1 Å². The van der Waals surface area contributed by atoms with Crippen molar-refractivity contribution >= 4 is 18.0 Å². The maximum absolute atomic E-state index is 13.6. The van der Waals surface area contributed by atoms with E-state index in [0.29, 0.717) is 39.1 Å². The van der Waals surface area contributed by atoms with Crippen LogP contribution in [0.4, 0.5) is 9.59 Å². The molecular weight excluding hydrogens is 542 g/mol. The van der Waals surface area contributed by atoms with Crippen molar-refractivity contribution in [2.24, 2.45) is 41.1 Å². The number of piperidine rings is 1. The summed E-state index contributed by atoms with van der Waals surface area (Å²) in [7, 11) is 0. The molecule has 9 atom stereocenters. The van der Waals surface area contributed by atoms with Crippen LogP contribution in [0.15, 0.2) is 30.3 Å². The summed E-state index contributed by atoms with van der Waals surface area (Å²) in [6.45, 7) is 5.94. The van der Waals surface area contributed by atoms with Gasteiger partial charge in [0, 0.05) is 43.4 Å². The van der Waals surface area contributed by atoms with Gasteiger partial charge in [-0.1, -0.05) is 44.2 Å². The van der Waals surface area contributed by atoms with E-state index in [9.17, 15) is 19.5 Å². The van der Waals surface area contributed by atoms with Crippen LogP contribution in [0, 0.1) is 29.6 Å². The fraction of sp³-hybridized carbons (Fsp3) is 0.700. The van der Waals surface area contributed by atoms with E-state index in [1.165, 1.54) is 0 Å². The second-order valence-electron chi connectivity index (χ2n) is 12.7. The van der Waals surface area contributed by atoms with Crippen molar-refractivity contribution in [1.82, 2.24) is 15.1 Å². The first-order valence-electron chi connectivity index (χ1n) is 15.1. The van der Waals surface area contributed by atoms with Crippen molar-refractivity contribution in [3.63, 3.8) is 0 Å². The van der Waals surface area contributed by atoms with E-state index in [4.69, 9.17) is 25.7 Å². The van der Waals surface area contributed by atoms with Crippen LogP contribution in [0.1, 0.15) is 32.3 Å². The smallest absolute Gasteiger partial charge is 0.407 e. The lowest BCUT2D eigenvalue weighted by atomic mass is 9.92. The van der Waals surface area contributed by atoms with Gasteiger partial charge in [0.15, 0.2) is 6.29 Å². The van der Waals surface area contributed by atoms with Crippen molar-refractivity contribution in [3.8, 4) is 0 Å². The van der Waals surface area contributed by atoms with Crippen LogP contribution in [0.25, 0.3) is 0 Å². The Balaban J connectivity index is 1.27. The normalized spacial score (nSPS) is 31.5. The number of hydrogen-bond acceptors (Lipinski definition) is 8. The molecule has 2 bridgehead atoms. The third kappa shape index (κ3) is 6.82. The number of aliphatic hydroxyl groups is 1. The van der Waals surface area contributed by atoms with Crippen LogP contribution in [0.2, 0.25) is 0 Å². The number of nitrogens with one attached hydrogen (secondary N) is 1. The van der Waals surface area contributed by atoms with Crippen molar-refractivity contribution in [2.45, 2.75) is 63.7 Å². The van der Waals surface area contributed by atoms with E-state index < -0.39 is 36.1 Å². The number of nitrogens with two attached hydrogens (primary N) is 2. The number of ether oxygens (including phenoxy) is 3. The lowest BCUT2D eigenvalue weighted by molar-refractivity contribution is -0.169. The number of primary amides is 1. The molecule has 5 rings (SSSR count). The Morgan fingerprint density at radius 2 is 1.88 bits per heavy atom. The maximum Gasteiger partial charge on any atom is 0.407 e. The van der Waals surface area contributed by atoms with E-state index in [-0.39, 0.29) is 55.2 Å². The van der Waals surface area contributed by atoms with Gasteiger partial charge in [-0.3, -0.25) is 4.79 Å². The van der Waals surface area contributed by atoms with Gasteiger partial charge < -0.3 is 45.9 Å². The minimum absolute atomic E-state index is 0.000107. The van der Waals surface area contributed by atoms with Gasteiger partial charge in [-0.05, 0) is 30.7 Å². The molecule has 12 nitrogen and oxygen atoms in total. The van der Waals surface area contributed by atoms with E-state index in [0.717, 1.165) is 12.0 Å². The molecular formula is C30H45N5O7. The molecule has 3 heterocycles. The molecule has 3 aliphatic heterocycles. The zero-order valence-corrected chi connectivity index (χ0v) is 24.5. The number of hydrogen-bond donors (Lipinski definition) is 4. The van der Waals surface area contributed by atoms with Crippen molar-refractivity contribution in [2.75, 3.05) is 39.4 Å². The summed E-state index contributed by atoms with van der Waals surface area (Å²) in [6, 6.07) is 8.05. The van der Waals surface area contributed by atoms with Crippen LogP contribution in [-0.4, -0.2) is 103 Å². The summed E-state index contributed by atoms with van der Waals surface area (Å²) in [5.41, 5.74) is 12.6. The fourth-order valence-corrected chi connectivity index (χ4v) is 7.04. The van der Waals surface area contributed by atoms with Crippen molar-refractivity contribution in [1.29, 1.82) is 0 Å². The highest BCUT2D eigenvalue weighted by atomic mass is 16.7. The van der Waals surface area contributed by atoms with Gasteiger partial charge in [0.25, 0.3) is 0 Å². The standard InChI is InChI=1S/C30H45N5O7/c1-17(2)12-35(30(39)34-9-8-20(27(32)37)23(31)13-34)14-25(36)24(10-18-6-4-3-5-7-18)33-29(38)42-26-19-11-21-22(26)16-41-28(21)40-15-19/h3-7,17,19-26,28,36H,8-16,31H2,1-2H3,(H2,32,37)(H,33,38). The Hall–Kier alpha value is -2.93. The Labute approximate surface area is 247 Å². The molecule has 232 valence electrons. The Morgan fingerprint density at radius 1 is 1.14 bits per heavy atom. The molecule has 4 fully saturated rings. The zero-order valence-electron chi connectivity index (χ0n) is 24.5. The monoisotopic (exact) mass is 587 g/mol. The number of rotatable bonds is 10. The van der Waals surface area contributed by atoms with Gasteiger partial charge in [0.2, 0.25) is 5.91 Å². The minimum Gasteiger partial charge on any atom is -0.445 e. The first-order chi connectivity index (χ1) is 20.1. The Bertz CT molecular complexity index is 1110. The number of nitrogens with zero attached hydrogens (tertiary/aromatic N) is 2. The number of fused-ring (bicyclic) bond motifs is 1. The van der Waals surface area contributed by atoms with Gasteiger partial charge in [-0.2, -0.15) is 0 Å². The summed E-state index contributed by atoms with van der Waals surface area (Å²) in [4.78, 5) is 41.8. The summed E-state index contributed by atoms with van der Waals surface area (Å²) in [5, 5.41) is 14.4. The largest absolute Gasteiger partial charge is 0.445 e. The highest BCUT2D eigenvalue weighted by molar-refractivity contribution is 5.79. The van der Waals surface area contributed by atoms with Crippen LogP contribution in [0.5, 0.6) is 0 Å². The van der Waals surface area contributed by atoms with Crippen molar-refractivity contribution < 1.29 is 33.7 Å². The number of amides is 4. The molecule has 42 heavy (non-hydrogen) atoms. The number of likely N-dealkylation sites (tertiary alicyclic amines) is 1. The van der Waals surface area contributed by atoms with Gasteiger partial charge in [-0.15, -0.1) is 0 Å². The number of aliphatic hydroxyl groups excluding tert-OH is 1. The first kappa shape index (κ1) is 30.5. The molecule has 3 saturated heterocycles. The second-order valence-corrected chi connectivity index (χ2v) is 12.7. The predicted molar refractivity (Wildman–Crippen MR) is 153 cm³/mol. The van der Waals surface area contributed by atoms with E-state index in [1.54, 1.807) is 9.80 Å². The second kappa shape index (κ2) is 13.2. The third-order valence-corrected chi connectivity index (χ3v) is 9.16. The number of benzene rings is 1. The van der Waals surface area contributed by atoms with Crippen LogP contribution in [0.3, 0.4) is 0 Å². The van der Waals surface area contributed by atoms with E-state index in [1.807, 2.05) is 44.2 Å². The van der Waals surface area contributed by atoms with Crippen LogP contribution < -0.4 is 16.8 Å². The summed E-state index contributed by atoms with van der Waals surface area (Å²) in [6.07, 6.45) is -0.537. The summed E-state index contributed by atoms with van der Waals surface area (Å²) < 4.78 is 17.5. The molecule has 1 aromatic carbocycles. The van der Waals surface area contributed by atoms with Gasteiger partial charge in [0.1, 0.15) is 6.10 Å². The SMILES string of the molecule is CC(C)CN(CC(O)C(Cc1ccccc1)NC(=O)OC1C2COC3OCC1C3C2)C(=O)N1CCC(C(N)=O)C(N)C1. The highest BCUT2D eigenvalue weighted by Crippen LogP contribution is 2.49. The first-order valence-corrected chi connectivity index (χ1v) is 15.1. The number of alkyl carbamates (subject to hydrolysis) is 1. The molecule has 1 saturated carbocycles. The zero-order chi connectivity index (χ0) is 30.0. The Kier molecular flexibility index (Phi) is 9.56. The van der Waals surface area contributed by atoms with Crippen LogP contribution in [-0.2, 0) is 25.4 Å². The molecule has 1 aromatic rings. The fourth-order valence-electron chi connectivity index (χ4n) is 7.04. The highest BCUT2D eigenvalue weighted by Gasteiger charge is 2.56. The lowest BCUT2D eigenvalue weighted by Gasteiger charge is -2.39. The third-order valence-electron chi connectivity index (χ3n) is 9.16. The summed E-state index contributed by atoms with van der Waals surface area (Å²) >= 11 is 0. The average molecular weight is 588 g/mol. The minimum atomic E-state index is -1.08. The lowest BCUT2D eigenvalue weighted by Crippen LogP contribution is -2.58. The molecule has 9 unspecified atom stereocenters. The summed E-state index contributed by atoms with van der Waals surface area (Å²) in [5.74, 6) is -0.326. The molecule has 0 aromatic heterocycles. The number of urea groups is 1. The molecule has 0 radical (unpaired) electrons. The molecule has 1 aliphatic carbocycles. The topological polar surface area (TPSA) is 170 Å². The Morgan fingerprint density at radius 3 is 2.57 bits per heavy atom. The number of carbonyl (C=O) groups is 3. The average Bonchev–Trinajstić information content (AvgIpc) is 3.48. The van der Waals surface area contributed by atoms with E-state index >= 15 is 0 Å². The van der Waals surface area contributed by atoms with Gasteiger partial charge in [-0.25, -0.2) is 9.59 Å². The van der Waals surface area contributed by atoms with Gasteiger partial charge in [0.05, 0.1) is 37.8 Å². The molecule has 4 aliphatic rings.